The second kappa shape index (κ2) is 11.1. The summed E-state index contributed by atoms with van der Waals surface area (Å²) in [6.07, 6.45) is 2.23. The lowest BCUT2D eigenvalue weighted by Gasteiger charge is -2.21. The number of sulfonamides is 1. The molecule has 2 aromatic carbocycles. The maximum atomic E-state index is 13.2. The van der Waals surface area contributed by atoms with E-state index in [1.807, 2.05) is 13.0 Å². The zero-order chi connectivity index (χ0) is 22.0. The summed E-state index contributed by atoms with van der Waals surface area (Å²) >= 11 is 0. The van der Waals surface area contributed by atoms with Crippen LogP contribution in [0.4, 0.5) is 4.79 Å². The summed E-state index contributed by atoms with van der Waals surface area (Å²) in [5.74, 6) is 0. The Morgan fingerprint density at radius 1 is 1.10 bits per heavy atom. The minimum atomic E-state index is -3.88. The summed E-state index contributed by atoms with van der Waals surface area (Å²) < 4.78 is 36.7. The fraction of sp³-hybridized carbons (Fsp3) is 0.238. The Hall–Kier alpha value is -3.17. The Morgan fingerprint density at radius 3 is 2.37 bits per heavy atom. The van der Waals surface area contributed by atoms with Gasteiger partial charge in [0.25, 0.3) is 0 Å². The van der Waals surface area contributed by atoms with E-state index in [1.165, 1.54) is 29.6 Å². The van der Waals surface area contributed by atoms with Gasteiger partial charge in [-0.25, -0.2) is 13.2 Å². The number of nitrogens with zero attached hydrogens (tertiary/aromatic N) is 2. The van der Waals surface area contributed by atoms with Gasteiger partial charge >= 0.3 is 6.16 Å². The quantitative estimate of drug-likeness (QED) is 0.214. The number of hydrogen-bond acceptors (Lipinski definition) is 7. The van der Waals surface area contributed by atoms with Crippen molar-refractivity contribution in [2.45, 2.75) is 11.8 Å². The average molecular weight is 432 g/mol. The Morgan fingerprint density at radius 2 is 1.77 bits per heavy atom. The first kappa shape index (κ1) is 23.1. The largest absolute Gasteiger partial charge is 0.508 e. The zero-order valence-electron chi connectivity index (χ0n) is 16.8. The molecule has 30 heavy (non-hydrogen) atoms. The molecule has 0 aliphatic carbocycles. The van der Waals surface area contributed by atoms with E-state index in [0.717, 1.165) is 5.56 Å². The van der Waals surface area contributed by atoms with E-state index in [9.17, 15) is 18.4 Å². The Labute approximate surface area is 176 Å². The van der Waals surface area contributed by atoms with E-state index in [2.05, 4.69) is 9.89 Å². The molecule has 0 aliphatic rings. The standard InChI is InChI=1S/C21H24N2O6S/c1-17-10-12-19(13-11-17)30(26,27)23(14-6-7-15-29-21(24)28-2)16-20(22-25)18-8-4-3-5-9-18/h3-13,25H,14-16H2,1-2H3/b7-6+,22-20+. The first-order valence-corrected chi connectivity index (χ1v) is 10.5. The lowest BCUT2D eigenvalue weighted by atomic mass is 10.1. The van der Waals surface area contributed by atoms with Gasteiger partial charge in [-0.3, -0.25) is 0 Å². The fourth-order valence-electron chi connectivity index (χ4n) is 2.52. The van der Waals surface area contributed by atoms with Crippen LogP contribution in [-0.4, -0.2) is 56.6 Å². The highest BCUT2D eigenvalue weighted by Gasteiger charge is 2.25. The van der Waals surface area contributed by atoms with Crippen molar-refractivity contribution in [3.63, 3.8) is 0 Å². The molecule has 2 rings (SSSR count). The van der Waals surface area contributed by atoms with Crippen LogP contribution >= 0.6 is 0 Å². The van der Waals surface area contributed by atoms with Crippen LogP contribution in [0, 0.1) is 6.92 Å². The molecule has 0 unspecified atom stereocenters. The smallest absolute Gasteiger partial charge is 0.438 e. The van der Waals surface area contributed by atoms with E-state index in [-0.39, 0.29) is 30.3 Å². The van der Waals surface area contributed by atoms with Gasteiger partial charge in [0.2, 0.25) is 10.0 Å². The van der Waals surface area contributed by atoms with Crippen molar-refractivity contribution in [1.82, 2.24) is 4.31 Å². The maximum absolute atomic E-state index is 13.2. The third-order valence-electron chi connectivity index (χ3n) is 4.15. The third kappa shape index (κ3) is 6.43. The zero-order valence-corrected chi connectivity index (χ0v) is 17.6. The molecular formula is C21H24N2O6S. The van der Waals surface area contributed by atoms with Crippen molar-refractivity contribution < 1.29 is 27.9 Å². The molecule has 0 amide bonds. The lowest BCUT2D eigenvalue weighted by Crippen LogP contribution is -2.36. The SMILES string of the molecule is COC(=O)OC/C=C/CN(C/C(=N\O)c1ccccc1)S(=O)(=O)c1ccc(C)cc1. The number of rotatable bonds is 9. The first-order valence-electron chi connectivity index (χ1n) is 9.07. The van der Waals surface area contributed by atoms with Gasteiger partial charge in [-0.2, -0.15) is 4.31 Å². The van der Waals surface area contributed by atoms with E-state index in [0.29, 0.717) is 5.56 Å². The summed E-state index contributed by atoms with van der Waals surface area (Å²) in [6.45, 7) is 1.63. The van der Waals surface area contributed by atoms with Gasteiger partial charge in [0.15, 0.2) is 0 Å². The minimum absolute atomic E-state index is 0.0212. The van der Waals surface area contributed by atoms with Gasteiger partial charge in [0, 0.05) is 12.1 Å². The predicted octanol–water partition coefficient (Wildman–Crippen LogP) is 3.20. The molecule has 0 bridgehead atoms. The van der Waals surface area contributed by atoms with Crippen LogP contribution in [0.15, 0.2) is 76.8 Å². The highest BCUT2D eigenvalue weighted by atomic mass is 32.2. The molecule has 0 aromatic heterocycles. The van der Waals surface area contributed by atoms with Crippen LogP contribution in [0.5, 0.6) is 0 Å². The lowest BCUT2D eigenvalue weighted by molar-refractivity contribution is 0.0817. The Bertz CT molecular complexity index is 986. The van der Waals surface area contributed by atoms with Crippen molar-refractivity contribution in [1.29, 1.82) is 0 Å². The van der Waals surface area contributed by atoms with E-state index in [4.69, 9.17) is 4.74 Å². The van der Waals surface area contributed by atoms with Crippen molar-refractivity contribution in [3.8, 4) is 0 Å². The molecule has 8 nitrogen and oxygen atoms in total. The molecular weight excluding hydrogens is 408 g/mol. The molecule has 0 spiro atoms. The van der Waals surface area contributed by atoms with Gasteiger partial charge < -0.3 is 14.7 Å². The van der Waals surface area contributed by atoms with E-state index < -0.39 is 16.2 Å². The van der Waals surface area contributed by atoms with Crippen molar-refractivity contribution in [2.24, 2.45) is 5.16 Å². The minimum Gasteiger partial charge on any atom is -0.438 e. The molecule has 0 saturated carbocycles. The molecule has 1 N–H and O–H groups in total. The van der Waals surface area contributed by atoms with Crippen LogP contribution in [0.3, 0.4) is 0 Å². The van der Waals surface area contributed by atoms with E-state index in [1.54, 1.807) is 42.5 Å². The molecule has 0 heterocycles. The van der Waals surface area contributed by atoms with Gasteiger partial charge in [0.1, 0.15) is 12.3 Å². The number of aryl methyl sites for hydroxylation is 1. The third-order valence-corrected chi connectivity index (χ3v) is 5.98. The van der Waals surface area contributed by atoms with Crippen molar-refractivity contribution in [2.75, 3.05) is 26.8 Å². The number of benzene rings is 2. The van der Waals surface area contributed by atoms with Gasteiger partial charge in [0.05, 0.1) is 18.6 Å². The number of carbonyl (C=O) groups is 1. The molecule has 160 valence electrons. The number of carbonyl (C=O) groups excluding carboxylic acids is 1. The number of hydrogen-bond donors (Lipinski definition) is 1. The number of oxime groups is 1. The summed E-state index contributed by atoms with van der Waals surface area (Å²) in [5, 5.41) is 12.8. The molecule has 0 atom stereocenters. The fourth-order valence-corrected chi connectivity index (χ4v) is 3.87. The van der Waals surface area contributed by atoms with Crippen LogP contribution in [0.2, 0.25) is 0 Å². The highest BCUT2D eigenvalue weighted by molar-refractivity contribution is 7.89. The Kier molecular flexibility index (Phi) is 8.57. The molecule has 9 heteroatoms. The normalized spacial score (nSPS) is 12.3. The van der Waals surface area contributed by atoms with Crippen molar-refractivity contribution >= 4 is 21.9 Å². The topological polar surface area (TPSA) is 106 Å². The van der Waals surface area contributed by atoms with Crippen LogP contribution in [0.25, 0.3) is 0 Å². The van der Waals surface area contributed by atoms with Crippen molar-refractivity contribution in [3.05, 3.63) is 77.9 Å². The summed E-state index contributed by atoms with van der Waals surface area (Å²) in [6, 6.07) is 15.3. The molecule has 0 aliphatic heterocycles. The van der Waals surface area contributed by atoms with Gasteiger partial charge in [-0.15, -0.1) is 0 Å². The highest BCUT2D eigenvalue weighted by Crippen LogP contribution is 2.17. The predicted molar refractivity (Wildman–Crippen MR) is 112 cm³/mol. The monoisotopic (exact) mass is 432 g/mol. The maximum Gasteiger partial charge on any atom is 0.508 e. The number of ether oxygens (including phenoxy) is 2. The van der Waals surface area contributed by atoms with Gasteiger partial charge in [-0.1, -0.05) is 59.3 Å². The number of methoxy groups -OCH3 is 1. The second-order valence-corrected chi connectivity index (χ2v) is 8.20. The van der Waals surface area contributed by atoms with E-state index >= 15 is 0 Å². The van der Waals surface area contributed by atoms with Crippen LogP contribution in [0.1, 0.15) is 11.1 Å². The summed E-state index contributed by atoms with van der Waals surface area (Å²) in [4.78, 5) is 11.1. The molecule has 0 fully saturated rings. The molecule has 0 radical (unpaired) electrons. The van der Waals surface area contributed by atoms with Gasteiger partial charge in [-0.05, 0) is 25.1 Å². The summed E-state index contributed by atoms with van der Waals surface area (Å²) in [5.41, 5.74) is 1.73. The molecule has 0 saturated heterocycles. The molecule has 2 aromatic rings. The van der Waals surface area contributed by atoms with Crippen LogP contribution < -0.4 is 0 Å². The first-order chi connectivity index (χ1) is 14.4. The average Bonchev–Trinajstić information content (AvgIpc) is 2.76. The second-order valence-electron chi connectivity index (χ2n) is 6.26. The summed E-state index contributed by atoms with van der Waals surface area (Å²) in [7, 11) is -2.69. The van der Waals surface area contributed by atoms with Crippen LogP contribution in [-0.2, 0) is 19.5 Å². The Balaban J connectivity index is 2.26.